The first-order valence-corrected chi connectivity index (χ1v) is 4.67. The average Bonchev–Trinajstić information content (AvgIpc) is 2.13. The smallest absolute Gasteiger partial charge is 0.254 e. The quantitative estimate of drug-likeness (QED) is 0.665. The van der Waals surface area contributed by atoms with Gasteiger partial charge in [-0.1, -0.05) is 17.7 Å². The van der Waals surface area contributed by atoms with E-state index < -0.39 is 6.17 Å². The molecule has 0 bridgehead atoms. The van der Waals surface area contributed by atoms with Crippen LogP contribution in [0.2, 0.25) is 0 Å². The summed E-state index contributed by atoms with van der Waals surface area (Å²) in [6.45, 7) is 2.45. The minimum Gasteiger partial charge on any atom is -0.333 e. The van der Waals surface area contributed by atoms with Crippen LogP contribution in [0.15, 0.2) is 24.3 Å². The molecule has 1 aliphatic heterocycles. The number of halogens is 1. The maximum Gasteiger partial charge on any atom is 0.254 e. The second kappa shape index (κ2) is 3.40. The minimum atomic E-state index is -0.829. The van der Waals surface area contributed by atoms with Crippen LogP contribution in [0.4, 0.5) is 4.39 Å². The lowest BCUT2D eigenvalue weighted by atomic mass is 10.1. The van der Waals surface area contributed by atoms with Crippen molar-refractivity contribution in [3.63, 3.8) is 0 Å². The number of likely N-dealkylation sites (tertiary alicyclic amines) is 1. The first-order valence-electron chi connectivity index (χ1n) is 4.67. The first-order chi connectivity index (χ1) is 6.66. The highest BCUT2D eigenvalue weighted by Crippen LogP contribution is 2.15. The van der Waals surface area contributed by atoms with Crippen molar-refractivity contribution in [3.05, 3.63) is 35.4 Å². The molecule has 2 nitrogen and oxygen atoms in total. The van der Waals surface area contributed by atoms with Crippen LogP contribution in [0.3, 0.4) is 0 Å². The fraction of sp³-hybridized carbons (Fsp3) is 0.364. The summed E-state index contributed by atoms with van der Waals surface area (Å²) >= 11 is 0. The SMILES string of the molecule is Cc1ccc(C(=O)N2CC(F)C2)cc1. The summed E-state index contributed by atoms with van der Waals surface area (Å²) in [6.07, 6.45) is -0.829. The van der Waals surface area contributed by atoms with Gasteiger partial charge in [0.05, 0.1) is 13.1 Å². The van der Waals surface area contributed by atoms with E-state index in [-0.39, 0.29) is 19.0 Å². The third kappa shape index (κ3) is 1.62. The van der Waals surface area contributed by atoms with Crippen LogP contribution < -0.4 is 0 Å². The molecule has 0 atom stereocenters. The lowest BCUT2D eigenvalue weighted by Crippen LogP contribution is -2.51. The topological polar surface area (TPSA) is 20.3 Å². The van der Waals surface area contributed by atoms with Gasteiger partial charge in [-0.3, -0.25) is 4.79 Å². The van der Waals surface area contributed by atoms with Gasteiger partial charge in [0.25, 0.3) is 5.91 Å². The van der Waals surface area contributed by atoms with Gasteiger partial charge in [-0.25, -0.2) is 4.39 Å². The Morgan fingerprint density at radius 3 is 2.43 bits per heavy atom. The summed E-state index contributed by atoms with van der Waals surface area (Å²) in [6, 6.07) is 7.34. The molecule has 1 heterocycles. The first kappa shape index (κ1) is 9.19. The molecule has 1 aromatic rings. The molecule has 0 aliphatic carbocycles. The van der Waals surface area contributed by atoms with Crippen LogP contribution in [-0.2, 0) is 0 Å². The van der Waals surface area contributed by atoms with Crippen molar-refractivity contribution in [2.75, 3.05) is 13.1 Å². The molecule has 14 heavy (non-hydrogen) atoms. The van der Waals surface area contributed by atoms with Gasteiger partial charge in [-0.05, 0) is 19.1 Å². The molecule has 0 aromatic heterocycles. The van der Waals surface area contributed by atoms with E-state index in [1.165, 1.54) is 4.90 Å². The highest BCUT2D eigenvalue weighted by atomic mass is 19.1. The number of hydrogen-bond donors (Lipinski definition) is 0. The van der Waals surface area contributed by atoms with Crippen LogP contribution in [-0.4, -0.2) is 30.1 Å². The van der Waals surface area contributed by atoms with Crippen molar-refractivity contribution in [2.45, 2.75) is 13.1 Å². The van der Waals surface area contributed by atoms with E-state index in [9.17, 15) is 9.18 Å². The maximum atomic E-state index is 12.5. The highest BCUT2D eigenvalue weighted by Gasteiger charge is 2.30. The number of carbonyl (C=O) groups excluding carboxylic acids is 1. The van der Waals surface area contributed by atoms with Crippen molar-refractivity contribution in [1.29, 1.82) is 0 Å². The zero-order valence-electron chi connectivity index (χ0n) is 8.03. The zero-order valence-corrected chi connectivity index (χ0v) is 8.03. The largest absolute Gasteiger partial charge is 0.333 e. The van der Waals surface area contributed by atoms with Gasteiger partial charge in [0.2, 0.25) is 0 Å². The standard InChI is InChI=1S/C11H12FNO/c1-8-2-4-9(5-3-8)11(14)13-6-10(12)7-13/h2-5,10H,6-7H2,1H3. The molecular formula is C11H12FNO. The Labute approximate surface area is 82.3 Å². The summed E-state index contributed by atoms with van der Waals surface area (Å²) in [7, 11) is 0. The van der Waals surface area contributed by atoms with Crippen LogP contribution in [0.1, 0.15) is 15.9 Å². The molecule has 74 valence electrons. The number of alkyl halides is 1. The number of amides is 1. The molecule has 1 amide bonds. The van der Waals surface area contributed by atoms with E-state index in [1.807, 2.05) is 19.1 Å². The van der Waals surface area contributed by atoms with Gasteiger partial charge in [0.15, 0.2) is 0 Å². The van der Waals surface area contributed by atoms with Crippen molar-refractivity contribution in [3.8, 4) is 0 Å². The number of nitrogens with zero attached hydrogens (tertiary/aromatic N) is 1. The van der Waals surface area contributed by atoms with E-state index in [4.69, 9.17) is 0 Å². The lowest BCUT2D eigenvalue weighted by molar-refractivity contribution is 0.0400. The Morgan fingerprint density at radius 1 is 1.36 bits per heavy atom. The predicted octanol–water partition coefficient (Wildman–Crippen LogP) is 1.79. The van der Waals surface area contributed by atoms with E-state index in [0.29, 0.717) is 5.56 Å². The van der Waals surface area contributed by atoms with Gasteiger partial charge in [-0.2, -0.15) is 0 Å². The Kier molecular flexibility index (Phi) is 2.23. The normalized spacial score (nSPS) is 16.6. The van der Waals surface area contributed by atoms with E-state index in [2.05, 4.69) is 0 Å². The average molecular weight is 193 g/mol. The molecule has 2 rings (SSSR count). The molecule has 0 N–H and O–H groups in total. The Balaban J connectivity index is 2.08. The monoisotopic (exact) mass is 193 g/mol. The molecule has 0 radical (unpaired) electrons. The summed E-state index contributed by atoms with van der Waals surface area (Å²) in [5.74, 6) is -0.0705. The molecule has 0 spiro atoms. The third-order valence-corrected chi connectivity index (χ3v) is 2.42. The Bertz CT molecular complexity index is 341. The van der Waals surface area contributed by atoms with E-state index in [0.717, 1.165) is 5.56 Å². The predicted molar refractivity (Wildman–Crippen MR) is 52.0 cm³/mol. The molecule has 1 aromatic carbocycles. The van der Waals surface area contributed by atoms with Crippen molar-refractivity contribution in [2.24, 2.45) is 0 Å². The molecule has 1 aliphatic rings. The third-order valence-electron chi connectivity index (χ3n) is 2.42. The van der Waals surface area contributed by atoms with Crippen LogP contribution in [0.5, 0.6) is 0 Å². The van der Waals surface area contributed by atoms with Crippen LogP contribution in [0.25, 0.3) is 0 Å². The lowest BCUT2D eigenvalue weighted by Gasteiger charge is -2.34. The number of rotatable bonds is 1. The summed E-state index contributed by atoms with van der Waals surface area (Å²) in [4.78, 5) is 13.2. The van der Waals surface area contributed by atoms with E-state index in [1.54, 1.807) is 12.1 Å². The summed E-state index contributed by atoms with van der Waals surface area (Å²) in [5, 5.41) is 0. The summed E-state index contributed by atoms with van der Waals surface area (Å²) < 4.78 is 12.5. The van der Waals surface area contributed by atoms with Crippen molar-refractivity contribution < 1.29 is 9.18 Å². The fourth-order valence-corrected chi connectivity index (χ4v) is 1.47. The molecule has 0 saturated carbocycles. The molecule has 1 fully saturated rings. The van der Waals surface area contributed by atoms with Gasteiger partial charge in [-0.15, -0.1) is 0 Å². The van der Waals surface area contributed by atoms with Gasteiger partial charge < -0.3 is 4.90 Å². The van der Waals surface area contributed by atoms with Gasteiger partial charge in [0.1, 0.15) is 6.17 Å². The molecule has 3 heteroatoms. The molecular weight excluding hydrogens is 181 g/mol. The van der Waals surface area contributed by atoms with Crippen molar-refractivity contribution >= 4 is 5.91 Å². The minimum absolute atomic E-state index is 0.0705. The number of benzene rings is 1. The van der Waals surface area contributed by atoms with Crippen molar-refractivity contribution in [1.82, 2.24) is 4.90 Å². The van der Waals surface area contributed by atoms with Gasteiger partial charge in [0, 0.05) is 5.56 Å². The zero-order chi connectivity index (χ0) is 10.1. The highest BCUT2D eigenvalue weighted by molar-refractivity contribution is 5.94. The molecule has 0 unspecified atom stereocenters. The second-order valence-corrected chi connectivity index (χ2v) is 3.67. The Morgan fingerprint density at radius 2 is 1.93 bits per heavy atom. The summed E-state index contributed by atoms with van der Waals surface area (Å²) in [5.41, 5.74) is 1.76. The molecule has 1 saturated heterocycles. The second-order valence-electron chi connectivity index (χ2n) is 3.67. The number of hydrogen-bond acceptors (Lipinski definition) is 1. The Hall–Kier alpha value is -1.38. The number of carbonyl (C=O) groups is 1. The van der Waals surface area contributed by atoms with Crippen LogP contribution >= 0.6 is 0 Å². The van der Waals surface area contributed by atoms with Gasteiger partial charge >= 0.3 is 0 Å². The fourth-order valence-electron chi connectivity index (χ4n) is 1.47. The van der Waals surface area contributed by atoms with Crippen LogP contribution in [0, 0.1) is 6.92 Å². The maximum absolute atomic E-state index is 12.5. The van der Waals surface area contributed by atoms with E-state index >= 15 is 0 Å². The number of aryl methyl sites for hydroxylation is 1.